The van der Waals surface area contributed by atoms with Gasteiger partial charge in [0.25, 0.3) is 0 Å². The van der Waals surface area contributed by atoms with E-state index in [2.05, 4.69) is 25.3 Å². The molecule has 1 aromatic carbocycles. The molecule has 0 aliphatic carbocycles. The molecule has 156 valence electrons. The fourth-order valence-electron chi connectivity index (χ4n) is 3.23. The Bertz CT molecular complexity index is 1260. The van der Waals surface area contributed by atoms with E-state index in [1.54, 1.807) is 18.6 Å². The average Bonchev–Trinajstić information content (AvgIpc) is 3.24. The first kappa shape index (κ1) is 19.1. The third-order valence-corrected chi connectivity index (χ3v) is 5.65. The molecule has 5 rings (SSSR count). The number of hydrogen-bond donors (Lipinski definition) is 1. The van der Waals surface area contributed by atoms with Crippen LogP contribution >= 0.6 is 11.3 Å². The lowest BCUT2D eigenvalue weighted by molar-refractivity contribution is -0.380. The Morgan fingerprint density at radius 3 is 2.81 bits per heavy atom. The molecule has 0 radical (unpaired) electrons. The molecule has 10 nitrogen and oxygen atoms in total. The second kappa shape index (κ2) is 8.11. The molecule has 3 aromatic heterocycles. The van der Waals surface area contributed by atoms with Crippen molar-refractivity contribution < 1.29 is 14.4 Å². The molecule has 0 amide bonds. The van der Waals surface area contributed by atoms with Crippen molar-refractivity contribution in [2.75, 3.05) is 25.1 Å². The van der Waals surface area contributed by atoms with Crippen LogP contribution in [-0.4, -0.2) is 44.6 Å². The lowest BCUT2D eigenvalue weighted by atomic mass is 10.1. The van der Waals surface area contributed by atoms with E-state index in [1.165, 1.54) is 6.07 Å². The predicted molar refractivity (Wildman–Crippen MR) is 115 cm³/mol. The largest absolute Gasteiger partial charge is 0.486 e. The second-order valence-corrected chi connectivity index (χ2v) is 7.71. The van der Waals surface area contributed by atoms with Crippen molar-refractivity contribution >= 4 is 32.4 Å². The quantitative estimate of drug-likeness (QED) is 0.357. The molecule has 31 heavy (non-hydrogen) atoms. The highest BCUT2D eigenvalue weighted by Crippen LogP contribution is 2.35. The van der Waals surface area contributed by atoms with Crippen LogP contribution in [0.1, 0.15) is 5.56 Å². The van der Waals surface area contributed by atoms with Gasteiger partial charge in [0.05, 0.1) is 16.5 Å². The van der Waals surface area contributed by atoms with Crippen LogP contribution in [0.25, 0.3) is 21.7 Å². The van der Waals surface area contributed by atoms with Gasteiger partial charge in [-0.1, -0.05) is 6.07 Å². The molecule has 4 heterocycles. The first-order valence-corrected chi connectivity index (χ1v) is 10.3. The summed E-state index contributed by atoms with van der Waals surface area (Å²) in [6, 6.07) is 7.35. The van der Waals surface area contributed by atoms with Gasteiger partial charge in [0, 0.05) is 25.0 Å². The van der Waals surface area contributed by atoms with E-state index in [-0.39, 0.29) is 5.00 Å². The molecule has 0 atom stereocenters. The summed E-state index contributed by atoms with van der Waals surface area (Å²) in [4.78, 5) is 28.7. The molecule has 0 saturated heterocycles. The number of benzene rings is 1. The van der Waals surface area contributed by atoms with Crippen molar-refractivity contribution in [3.8, 4) is 23.0 Å². The lowest BCUT2D eigenvalue weighted by Gasteiger charge is -2.19. The topological polar surface area (TPSA) is 125 Å². The Hall–Kier alpha value is -3.86. The number of ether oxygens (including phenoxy) is 2. The van der Waals surface area contributed by atoms with Crippen molar-refractivity contribution in [3.63, 3.8) is 0 Å². The highest BCUT2D eigenvalue weighted by molar-refractivity contribution is 7.21. The monoisotopic (exact) mass is 436 g/mol. The van der Waals surface area contributed by atoms with E-state index >= 15 is 0 Å². The molecule has 0 fully saturated rings. The highest BCUT2D eigenvalue weighted by atomic mass is 32.1. The van der Waals surface area contributed by atoms with Gasteiger partial charge in [-0.3, -0.25) is 15.1 Å². The molecule has 0 spiro atoms. The molecule has 1 aliphatic heterocycles. The van der Waals surface area contributed by atoms with E-state index < -0.39 is 4.92 Å². The van der Waals surface area contributed by atoms with Gasteiger partial charge in [0.15, 0.2) is 17.3 Å². The summed E-state index contributed by atoms with van der Waals surface area (Å²) in [6.07, 6.45) is 5.37. The van der Waals surface area contributed by atoms with E-state index in [0.29, 0.717) is 53.7 Å². The van der Waals surface area contributed by atoms with Crippen molar-refractivity contribution in [2.45, 2.75) is 6.42 Å². The maximum atomic E-state index is 11.3. The van der Waals surface area contributed by atoms with Gasteiger partial charge in [0.1, 0.15) is 29.6 Å². The highest BCUT2D eigenvalue weighted by Gasteiger charge is 2.19. The predicted octanol–water partition coefficient (Wildman–Crippen LogP) is 3.48. The molecular formula is C20H16N6O4S. The fourth-order valence-corrected chi connectivity index (χ4v) is 4.08. The minimum absolute atomic E-state index is 0.00971. The Morgan fingerprint density at radius 2 is 2.00 bits per heavy atom. The lowest BCUT2D eigenvalue weighted by Crippen LogP contribution is -2.15. The smallest absolute Gasteiger partial charge is 0.326 e. The maximum Gasteiger partial charge on any atom is 0.326 e. The zero-order valence-electron chi connectivity index (χ0n) is 16.1. The van der Waals surface area contributed by atoms with Crippen molar-refractivity contribution in [1.82, 2.24) is 19.9 Å². The molecule has 1 N–H and O–H groups in total. The van der Waals surface area contributed by atoms with Crippen LogP contribution in [0, 0.1) is 10.1 Å². The van der Waals surface area contributed by atoms with Crippen molar-refractivity contribution in [3.05, 3.63) is 58.5 Å². The van der Waals surface area contributed by atoms with Crippen LogP contribution < -0.4 is 14.8 Å². The Morgan fingerprint density at radius 1 is 1.13 bits per heavy atom. The molecule has 1 aliphatic rings. The second-order valence-electron chi connectivity index (χ2n) is 6.70. The minimum atomic E-state index is -0.423. The molecule has 4 aromatic rings. The number of rotatable bonds is 6. The van der Waals surface area contributed by atoms with Crippen LogP contribution in [0.15, 0.2) is 42.9 Å². The number of aromatic nitrogens is 4. The van der Waals surface area contributed by atoms with Gasteiger partial charge >= 0.3 is 5.00 Å². The van der Waals surface area contributed by atoms with Crippen LogP contribution in [0.3, 0.4) is 0 Å². The maximum absolute atomic E-state index is 11.3. The van der Waals surface area contributed by atoms with Gasteiger partial charge < -0.3 is 14.8 Å². The van der Waals surface area contributed by atoms with Crippen molar-refractivity contribution in [2.24, 2.45) is 0 Å². The van der Waals surface area contributed by atoms with Gasteiger partial charge in [-0.2, -0.15) is 0 Å². The van der Waals surface area contributed by atoms with E-state index in [1.807, 2.05) is 18.2 Å². The van der Waals surface area contributed by atoms with E-state index in [4.69, 9.17) is 9.47 Å². The number of thiophene rings is 1. The summed E-state index contributed by atoms with van der Waals surface area (Å²) < 4.78 is 11.2. The first-order chi connectivity index (χ1) is 15.2. The first-order valence-electron chi connectivity index (χ1n) is 9.52. The summed E-state index contributed by atoms with van der Waals surface area (Å²) in [5, 5.41) is 15.2. The number of fused-ring (bicyclic) bond motifs is 2. The summed E-state index contributed by atoms with van der Waals surface area (Å²) in [6.45, 7) is 1.66. The van der Waals surface area contributed by atoms with Crippen LogP contribution in [0.2, 0.25) is 0 Å². The van der Waals surface area contributed by atoms with Gasteiger partial charge in [-0.05, 0) is 35.5 Å². The molecule has 0 saturated carbocycles. The Balaban J connectivity index is 1.42. The zero-order valence-corrected chi connectivity index (χ0v) is 17.0. The van der Waals surface area contributed by atoms with Gasteiger partial charge in [0.2, 0.25) is 0 Å². The van der Waals surface area contributed by atoms with E-state index in [0.717, 1.165) is 28.4 Å². The van der Waals surface area contributed by atoms with E-state index in [9.17, 15) is 10.1 Å². The number of hydrogen-bond acceptors (Lipinski definition) is 10. The number of nitrogens with one attached hydrogen (secondary N) is 1. The fraction of sp³-hybridized carbons (Fsp3) is 0.200. The van der Waals surface area contributed by atoms with Gasteiger partial charge in [-0.15, -0.1) is 0 Å². The Kier molecular flexibility index (Phi) is 5.00. The van der Waals surface area contributed by atoms with Gasteiger partial charge in [-0.25, -0.2) is 15.0 Å². The molecule has 0 bridgehead atoms. The zero-order chi connectivity index (χ0) is 21.2. The molecule has 0 unspecified atom stereocenters. The third kappa shape index (κ3) is 3.94. The standard InChI is InChI=1S/C20H16N6O4S/c27-26(28)17-10-13-18(24-19(25-20(13)31-17)14-11-21-5-6-22-14)23-4-3-12-1-2-15-16(9-12)30-8-7-29-15/h1-2,5-6,9-11H,3-4,7-8H2,(H,23,24,25). The molecular weight excluding hydrogens is 420 g/mol. The van der Waals surface area contributed by atoms with Crippen LogP contribution in [0.4, 0.5) is 10.8 Å². The third-order valence-electron chi connectivity index (χ3n) is 4.66. The normalized spacial score (nSPS) is 12.6. The molecule has 11 heteroatoms. The number of nitro groups is 1. The number of nitrogens with zero attached hydrogens (tertiary/aromatic N) is 5. The SMILES string of the molecule is O=[N+]([O-])c1cc2c(NCCc3ccc4c(c3)OCCO4)nc(-c3cnccn3)nc2s1. The minimum Gasteiger partial charge on any atom is -0.486 e. The summed E-state index contributed by atoms with van der Waals surface area (Å²) in [5.74, 6) is 2.37. The average molecular weight is 436 g/mol. The summed E-state index contributed by atoms with van der Waals surface area (Å²) in [5.41, 5.74) is 1.57. The number of anilines is 1. The van der Waals surface area contributed by atoms with Crippen molar-refractivity contribution in [1.29, 1.82) is 0 Å². The summed E-state index contributed by atoms with van der Waals surface area (Å²) in [7, 11) is 0. The summed E-state index contributed by atoms with van der Waals surface area (Å²) >= 11 is 1.00. The van der Waals surface area contributed by atoms with Crippen LogP contribution in [-0.2, 0) is 6.42 Å². The van der Waals surface area contributed by atoms with Crippen LogP contribution in [0.5, 0.6) is 11.5 Å². The Labute approximate surface area is 180 Å².